The molecule has 4 aromatic rings. The number of hydrogen-bond acceptors (Lipinski definition) is 5. The standard InChI is InChI=1S/C22H16N2O4/c23-21(26)19-20(25)17-12-11-16(27-14-7-3-1-4-8-14)13-18(17)22(24-19)28-15-9-5-2-6-10-15/h1-13,25H,(H2,23,26). The second-order valence-electron chi connectivity index (χ2n) is 6.02. The molecule has 0 saturated carbocycles. The van der Waals surface area contributed by atoms with Crippen LogP contribution in [0.1, 0.15) is 10.5 Å². The molecule has 4 rings (SSSR count). The van der Waals surface area contributed by atoms with E-state index >= 15 is 0 Å². The van der Waals surface area contributed by atoms with Crippen LogP contribution in [0, 0.1) is 0 Å². The molecule has 0 radical (unpaired) electrons. The molecule has 1 amide bonds. The average Bonchev–Trinajstić information content (AvgIpc) is 2.71. The molecule has 0 fully saturated rings. The van der Waals surface area contributed by atoms with Crippen LogP contribution in [0.2, 0.25) is 0 Å². The fraction of sp³-hybridized carbons (Fsp3) is 0. The van der Waals surface area contributed by atoms with Crippen molar-refractivity contribution in [2.24, 2.45) is 5.73 Å². The Balaban J connectivity index is 1.84. The zero-order chi connectivity index (χ0) is 19.5. The molecular formula is C22H16N2O4. The van der Waals surface area contributed by atoms with Gasteiger partial charge in [0, 0.05) is 5.39 Å². The van der Waals surface area contributed by atoms with Crippen molar-refractivity contribution in [3.05, 3.63) is 84.6 Å². The molecule has 0 atom stereocenters. The molecule has 0 aliphatic carbocycles. The highest BCUT2D eigenvalue weighted by Gasteiger charge is 2.19. The Morgan fingerprint density at radius 3 is 2.00 bits per heavy atom. The van der Waals surface area contributed by atoms with Gasteiger partial charge in [-0.05, 0) is 42.5 Å². The van der Waals surface area contributed by atoms with E-state index in [1.165, 1.54) is 0 Å². The summed E-state index contributed by atoms with van der Waals surface area (Å²) in [6, 6.07) is 23.3. The number of aromatic nitrogens is 1. The third kappa shape index (κ3) is 3.43. The van der Waals surface area contributed by atoms with Crippen LogP contribution in [0.5, 0.6) is 28.9 Å². The van der Waals surface area contributed by atoms with Crippen molar-refractivity contribution in [2.75, 3.05) is 0 Å². The molecule has 138 valence electrons. The minimum atomic E-state index is -0.845. The van der Waals surface area contributed by atoms with E-state index in [9.17, 15) is 9.90 Å². The minimum Gasteiger partial charge on any atom is -0.505 e. The Bertz CT molecular complexity index is 1150. The Hall–Kier alpha value is -4.06. The van der Waals surface area contributed by atoms with Crippen molar-refractivity contribution in [1.82, 2.24) is 4.98 Å². The Kier molecular flexibility index (Phi) is 4.51. The number of fused-ring (bicyclic) bond motifs is 1. The summed E-state index contributed by atoms with van der Waals surface area (Å²) >= 11 is 0. The number of primary amides is 1. The van der Waals surface area contributed by atoms with Crippen LogP contribution in [0.15, 0.2) is 78.9 Å². The predicted octanol–water partition coefficient (Wildman–Crippen LogP) is 4.62. The maximum absolute atomic E-state index is 11.7. The van der Waals surface area contributed by atoms with Crippen LogP contribution in [-0.4, -0.2) is 16.0 Å². The number of aromatic hydroxyl groups is 1. The largest absolute Gasteiger partial charge is 0.505 e. The quantitative estimate of drug-likeness (QED) is 0.533. The fourth-order valence-corrected chi connectivity index (χ4v) is 2.79. The molecule has 6 heteroatoms. The van der Waals surface area contributed by atoms with Crippen LogP contribution in [0.4, 0.5) is 0 Å². The van der Waals surface area contributed by atoms with Crippen LogP contribution in [0.25, 0.3) is 10.8 Å². The summed E-state index contributed by atoms with van der Waals surface area (Å²) in [7, 11) is 0. The van der Waals surface area contributed by atoms with Gasteiger partial charge in [0.05, 0.1) is 5.39 Å². The zero-order valence-electron chi connectivity index (χ0n) is 14.7. The van der Waals surface area contributed by atoms with Gasteiger partial charge in [-0.1, -0.05) is 36.4 Å². The summed E-state index contributed by atoms with van der Waals surface area (Å²) in [6.07, 6.45) is 0. The maximum Gasteiger partial charge on any atom is 0.271 e. The van der Waals surface area contributed by atoms with E-state index in [1.54, 1.807) is 30.3 Å². The van der Waals surface area contributed by atoms with Crippen molar-refractivity contribution < 1.29 is 19.4 Å². The number of ether oxygens (including phenoxy) is 2. The number of carbonyl (C=O) groups is 1. The number of pyridine rings is 1. The zero-order valence-corrected chi connectivity index (χ0v) is 14.7. The van der Waals surface area contributed by atoms with E-state index in [2.05, 4.69) is 4.98 Å². The predicted molar refractivity (Wildman–Crippen MR) is 105 cm³/mol. The van der Waals surface area contributed by atoms with E-state index in [4.69, 9.17) is 15.2 Å². The number of nitrogens with zero attached hydrogens (tertiary/aromatic N) is 1. The number of para-hydroxylation sites is 2. The van der Waals surface area contributed by atoms with Crippen LogP contribution >= 0.6 is 0 Å². The molecule has 0 saturated heterocycles. The second kappa shape index (κ2) is 7.28. The van der Waals surface area contributed by atoms with E-state index in [1.807, 2.05) is 48.5 Å². The molecule has 0 aliphatic heterocycles. The molecule has 0 unspecified atom stereocenters. The van der Waals surface area contributed by atoms with E-state index in [0.717, 1.165) is 0 Å². The summed E-state index contributed by atoms with van der Waals surface area (Å²) in [6.45, 7) is 0. The lowest BCUT2D eigenvalue weighted by Crippen LogP contribution is -2.14. The minimum absolute atomic E-state index is 0.145. The van der Waals surface area contributed by atoms with Gasteiger partial charge >= 0.3 is 0 Å². The van der Waals surface area contributed by atoms with Crippen molar-refractivity contribution in [3.8, 4) is 28.9 Å². The Morgan fingerprint density at radius 2 is 1.39 bits per heavy atom. The number of amides is 1. The van der Waals surface area contributed by atoms with Crippen LogP contribution < -0.4 is 15.2 Å². The van der Waals surface area contributed by atoms with Gasteiger partial charge in [0.1, 0.15) is 17.2 Å². The summed E-state index contributed by atoms with van der Waals surface area (Å²) in [4.78, 5) is 15.8. The Morgan fingerprint density at radius 1 is 0.786 bits per heavy atom. The molecule has 28 heavy (non-hydrogen) atoms. The lowest BCUT2D eigenvalue weighted by atomic mass is 10.1. The molecule has 3 N–H and O–H groups in total. The first-order valence-electron chi connectivity index (χ1n) is 8.54. The summed E-state index contributed by atoms with van der Waals surface area (Å²) in [5, 5.41) is 11.3. The highest BCUT2D eigenvalue weighted by molar-refractivity contribution is 6.03. The molecule has 1 heterocycles. The van der Waals surface area contributed by atoms with Crippen molar-refractivity contribution in [1.29, 1.82) is 0 Å². The van der Waals surface area contributed by atoms with Gasteiger partial charge in [-0.15, -0.1) is 0 Å². The maximum atomic E-state index is 11.7. The van der Waals surface area contributed by atoms with Gasteiger partial charge in [-0.3, -0.25) is 4.79 Å². The lowest BCUT2D eigenvalue weighted by molar-refractivity contribution is 0.0992. The highest BCUT2D eigenvalue weighted by Crippen LogP contribution is 2.38. The lowest BCUT2D eigenvalue weighted by Gasteiger charge is -2.13. The molecular weight excluding hydrogens is 356 g/mol. The first-order chi connectivity index (χ1) is 13.6. The average molecular weight is 372 g/mol. The number of nitrogens with two attached hydrogens (primary N) is 1. The number of benzene rings is 3. The molecule has 0 aliphatic rings. The number of rotatable bonds is 5. The Labute approximate surface area is 160 Å². The van der Waals surface area contributed by atoms with E-state index in [0.29, 0.717) is 28.0 Å². The number of hydrogen-bond donors (Lipinski definition) is 2. The molecule has 0 bridgehead atoms. The van der Waals surface area contributed by atoms with Crippen molar-refractivity contribution in [2.45, 2.75) is 0 Å². The van der Waals surface area contributed by atoms with Gasteiger partial charge in [-0.2, -0.15) is 0 Å². The van der Waals surface area contributed by atoms with Crippen molar-refractivity contribution >= 4 is 16.7 Å². The van der Waals surface area contributed by atoms with Crippen LogP contribution in [0.3, 0.4) is 0 Å². The molecule has 1 aromatic heterocycles. The van der Waals surface area contributed by atoms with E-state index < -0.39 is 5.91 Å². The SMILES string of the molecule is NC(=O)c1nc(Oc2ccccc2)c2cc(Oc3ccccc3)ccc2c1O. The van der Waals surface area contributed by atoms with Gasteiger partial charge in [-0.25, -0.2) is 4.98 Å². The van der Waals surface area contributed by atoms with E-state index in [-0.39, 0.29) is 17.3 Å². The highest BCUT2D eigenvalue weighted by atomic mass is 16.5. The van der Waals surface area contributed by atoms with Gasteiger partial charge < -0.3 is 20.3 Å². The summed E-state index contributed by atoms with van der Waals surface area (Å²) in [5.41, 5.74) is 5.10. The summed E-state index contributed by atoms with van der Waals surface area (Å²) < 4.78 is 11.7. The van der Waals surface area contributed by atoms with Gasteiger partial charge in [0.25, 0.3) is 5.91 Å². The van der Waals surface area contributed by atoms with Crippen LogP contribution in [-0.2, 0) is 0 Å². The number of carbonyl (C=O) groups excluding carboxylic acids is 1. The second-order valence-corrected chi connectivity index (χ2v) is 6.02. The normalized spacial score (nSPS) is 10.6. The molecule has 6 nitrogen and oxygen atoms in total. The molecule has 3 aromatic carbocycles. The molecule has 0 spiro atoms. The monoisotopic (exact) mass is 372 g/mol. The fourth-order valence-electron chi connectivity index (χ4n) is 2.79. The first-order valence-corrected chi connectivity index (χ1v) is 8.54. The summed E-state index contributed by atoms with van der Waals surface area (Å²) in [5.74, 6) is 0.733. The van der Waals surface area contributed by atoms with Crippen molar-refractivity contribution in [3.63, 3.8) is 0 Å². The smallest absolute Gasteiger partial charge is 0.271 e. The topological polar surface area (TPSA) is 94.7 Å². The third-order valence-electron chi connectivity index (χ3n) is 4.08. The van der Waals surface area contributed by atoms with Gasteiger partial charge in [0.15, 0.2) is 11.4 Å². The third-order valence-corrected chi connectivity index (χ3v) is 4.08. The van der Waals surface area contributed by atoms with Gasteiger partial charge in [0.2, 0.25) is 5.88 Å². The first kappa shape index (κ1) is 17.4.